The van der Waals surface area contributed by atoms with Gasteiger partial charge in [0.15, 0.2) is 3.79 Å². The lowest BCUT2D eigenvalue weighted by molar-refractivity contribution is 0.148. The molecule has 0 aliphatic rings. The third-order valence-electron chi connectivity index (χ3n) is 0.765. The fourth-order valence-electron chi connectivity index (χ4n) is 0.355. The Labute approximate surface area is 81.4 Å². The van der Waals surface area contributed by atoms with Crippen molar-refractivity contribution in [2.75, 3.05) is 19.0 Å². The Kier molecular flexibility index (Phi) is 6.47. The molecule has 0 atom stereocenters. The summed E-state index contributed by atoms with van der Waals surface area (Å²) in [5.74, 6) is 0.694. The summed E-state index contributed by atoms with van der Waals surface area (Å²) in [6, 6.07) is 0. The molecule has 0 aromatic carbocycles. The van der Waals surface area contributed by atoms with Crippen molar-refractivity contribution in [2.24, 2.45) is 0 Å². The summed E-state index contributed by atoms with van der Waals surface area (Å²) in [5.41, 5.74) is 0. The molecule has 0 aliphatic carbocycles. The highest BCUT2D eigenvalue weighted by Crippen LogP contribution is 2.29. The minimum Gasteiger partial charge on any atom is -0.380 e. The molecule has 0 rings (SSSR count). The molecule has 1 nitrogen and oxygen atoms in total. The third-order valence-corrected chi connectivity index (χ3v) is 1.52. The SMILES string of the molecule is SCCOCCC(Cl)(Cl)Cl. The highest BCUT2D eigenvalue weighted by molar-refractivity contribution is 7.80. The van der Waals surface area contributed by atoms with Crippen molar-refractivity contribution in [1.29, 1.82) is 0 Å². The zero-order valence-electron chi connectivity index (χ0n) is 5.32. The van der Waals surface area contributed by atoms with Crippen LogP contribution in [-0.4, -0.2) is 22.8 Å². The van der Waals surface area contributed by atoms with Gasteiger partial charge in [0.2, 0.25) is 0 Å². The Morgan fingerprint density at radius 2 is 1.80 bits per heavy atom. The third kappa shape index (κ3) is 9.18. The Morgan fingerprint density at radius 3 is 2.20 bits per heavy atom. The van der Waals surface area contributed by atoms with Crippen molar-refractivity contribution in [3.8, 4) is 0 Å². The van der Waals surface area contributed by atoms with Gasteiger partial charge >= 0.3 is 0 Å². The molecule has 0 spiro atoms. The van der Waals surface area contributed by atoms with Gasteiger partial charge in [-0.2, -0.15) is 12.6 Å². The van der Waals surface area contributed by atoms with E-state index in [9.17, 15) is 0 Å². The monoisotopic (exact) mass is 222 g/mol. The molecule has 62 valence electrons. The zero-order chi connectivity index (χ0) is 8.04. The van der Waals surface area contributed by atoms with Crippen molar-refractivity contribution in [3.05, 3.63) is 0 Å². The lowest BCUT2D eigenvalue weighted by Gasteiger charge is -2.09. The molecular formula is C5H9Cl3OS. The maximum Gasteiger partial charge on any atom is 0.192 e. The van der Waals surface area contributed by atoms with Gasteiger partial charge in [-0.25, -0.2) is 0 Å². The summed E-state index contributed by atoms with van der Waals surface area (Å²) < 4.78 is 3.85. The van der Waals surface area contributed by atoms with Crippen molar-refractivity contribution < 1.29 is 4.74 Å². The van der Waals surface area contributed by atoms with Gasteiger partial charge in [0.1, 0.15) is 0 Å². The van der Waals surface area contributed by atoms with E-state index in [4.69, 9.17) is 39.5 Å². The van der Waals surface area contributed by atoms with Crippen LogP contribution >= 0.6 is 47.4 Å². The van der Waals surface area contributed by atoms with Crippen LogP contribution in [0, 0.1) is 0 Å². The number of alkyl halides is 3. The average molecular weight is 224 g/mol. The molecule has 0 aliphatic heterocycles. The first-order valence-electron chi connectivity index (χ1n) is 2.81. The summed E-state index contributed by atoms with van der Waals surface area (Å²) in [6.45, 7) is 1.07. The smallest absolute Gasteiger partial charge is 0.192 e. The summed E-state index contributed by atoms with van der Waals surface area (Å²) in [4.78, 5) is 0. The molecule has 0 bridgehead atoms. The average Bonchev–Trinajstić information content (AvgIpc) is 1.78. The summed E-state index contributed by atoms with van der Waals surface area (Å²) in [5, 5.41) is 0. The van der Waals surface area contributed by atoms with Crippen LogP contribution < -0.4 is 0 Å². The van der Waals surface area contributed by atoms with E-state index in [-0.39, 0.29) is 0 Å². The summed E-state index contributed by atoms with van der Waals surface area (Å²) in [7, 11) is 0. The molecule has 5 heteroatoms. The Balaban J connectivity index is 3.04. The van der Waals surface area contributed by atoms with Crippen LogP contribution in [0.1, 0.15) is 6.42 Å². The molecule has 0 radical (unpaired) electrons. The van der Waals surface area contributed by atoms with Crippen LogP contribution in [0.15, 0.2) is 0 Å². The molecule has 10 heavy (non-hydrogen) atoms. The number of ether oxygens (including phenoxy) is 1. The van der Waals surface area contributed by atoms with Crippen LogP contribution in [0.3, 0.4) is 0 Å². The molecule has 0 aromatic heterocycles. The molecule has 0 saturated heterocycles. The minimum absolute atomic E-state index is 0.422. The van der Waals surface area contributed by atoms with Crippen molar-refractivity contribution >= 4 is 47.4 Å². The van der Waals surface area contributed by atoms with Crippen LogP contribution in [-0.2, 0) is 4.74 Å². The van der Waals surface area contributed by atoms with E-state index in [0.29, 0.717) is 25.4 Å². The fourth-order valence-corrected chi connectivity index (χ4v) is 0.715. The molecule has 0 saturated carbocycles. The quantitative estimate of drug-likeness (QED) is 0.438. The number of rotatable bonds is 4. The van der Waals surface area contributed by atoms with Crippen LogP contribution in [0.5, 0.6) is 0 Å². The molecule has 0 unspecified atom stereocenters. The van der Waals surface area contributed by atoms with Crippen molar-refractivity contribution in [2.45, 2.75) is 10.2 Å². The molecule has 0 N–H and O–H groups in total. The van der Waals surface area contributed by atoms with E-state index in [1.54, 1.807) is 0 Å². The molecule has 0 amide bonds. The first kappa shape index (κ1) is 11.2. The normalized spacial score (nSPS) is 12.0. The van der Waals surface area contributed by atoms with Gasteiger partial charge in [0.05, 0.1) is 13.2 Å². The van der Waals surface area contributed by atoms with E-state index in [2.05, 4.69) is 12.6 Å². The molecule has 0 aromatic rings. The largest absolute Gasteiger partial charge is 0.380 e. The highest BCUT2D eigenvalue weighted by Gasteiger charge is 2.18. The van der Waals surface area contributed by atoms with Crippen molar-refractivity contribution in [3.63, 3.8) is 0 Å². The molecular weight excluding hydrogens is 214 g/mol. The minimum atomic E-state index is -1.18. The molecule has 0 heterocycles. The maximum atomic E-state index is 5.44. The number of hydrogen-bond acceptors (Lipinski definition) is 2. The van der Waals surface area contributed by atoms with Gasteiger partial charge in [-0.15, -0.1) is 0 Å². The predicted molar refractivity (Wildman–Crippen MR) is 49.6 cm³/mol. The second-order valence-corrected chi connectivity index (χ2v) is 4.66. The first-order valence-corrected chi connectivity index (χ1v) is 4.58. The Morgan fingerprint density at radius 1 is 1.20 bits per heavy atom. The number of thiol groups is 1. The lowest BCUT2D eigenvalue weighted by Crippen LogP contribution is -2.08. The summed E-state index contributed by atoms with van der Waals surface area (Å²) in [6.07, 6.45) is 0.422. The maximum absolute atomic E-state index is 5.44. The predicted octanol–water partition coefficient (Wildman–Crippen LogP) is 2.69. The lowest BCUT2D eigenvalue weighted by atomic mass is 10.5. The van der Waals surface area contributed by atoms with Crippen LogP contribution in [0.2, 0.25) is 0 Å². The Bertz CT molecular complexity index is 83.5. The molecule has 0 fully saturated rings. The van der Waals surface area contributed by atoms with Gasteiger partial charge < -0.3 is 4.74 Å². The van der Waals surface area contributed by atoms with E-state index >= 15 is 0 Å². The van der Waals surface area contributed by atoms with Gasteiger partial charge in [-0.3, -0.25) is 0 Å². The standard InChI is InChI=1S/C5H9Cl3OS/c6-5(7,8)1-2-9-3-4-10/h10H,1-4H2. The number of hydrogen-bond donors (Lipinski definition) is 1. The van der Waals surface area contributed by atoms with Gasteiger partial charge in [0.25, 0.3) is 0 Å². The summed E-state index contributed by atoms with van der Waals surface area (Å²) >= 11 is 20.3. The zero-order valence-corrected chi connectivity index (χ0v) is 8.48. The highest BCUT2D eigenvalue weighted by atomic mass is 35.6. The van der Waals surface area contributed by atoms with E-state index in [1.807, 2.05) is 0 Å². The Hall–Kier alpha value is 1.18. The van der Waals surface area contributed by atoms with Gasteiger partial charge in [-0.1, -0.05) is 34.8 Å². The second-order valence-electron chi connectivity index (χ2n) is 1.70. The van der Waals surface area contributed by atoms with E-state index < -0.39 is 3.79 Å². The van der Waals surface area contributed by atoms with Crippen LogP contribution in [0.4, 0.5) is 0 Å². The topological polar surface area (TPSA) is 9.23 Å². The second kappa shape index (κ2) is 5.78. The van der Waals surface area contributed by atoms with Gasteiger partial charge in [0, 0.05) is 12.2 Å². The number of halogens is 3. The van der Waals surface area contributed by atoms with Crippen LogP contribution in [0.25, 0.3) is 0 Å². The van der Waals surface area contributed by atoms with E-state index in [0.717, 1.165) is 0 Å². The first-order chi connectivity index (χ1) is 4.56. The fraction of sp³-hybridized carbons (Fsp3) is 1.00. The van der Waals surface area contributed by atoms with E-state index in [1.165, 1.54) is 0 Å². The van der Waals surface area contributed by atoms with Gasteiger partial charge in [-0.05, 0) is 0 Å². The van der Waals surface area contributed by atoms with Crippen molar-refractivity contribution in [1.82, 2.24) is 0 Å².